The summed E-state index contributed by atoms with van der Waals surface area (Å²) in [4.78, 5) is 39.0. The molecule has 24 heavy (non-hydrogen) atoms. The highest BCUT2D eigenvalue weighted by atomic mass is 16.5. The lowest BCUT2D eigenvalue weighted by molar-refractivity contribution is -0.153. The first-order valence-electron chi connectivity index (χ1n) is 7.85. The number of methoxy groups -OCH3 is 1. The Morgan fingerprint density at radius 3 is 2.46 bits per heavy atom. The van der Waals surface area contributed by atoms with Crippen LogP contribution in [-0.2, 0) is 19.1 Å². The number of esters is 1. The summed E-state index contributed by atoms with van der Waals surface area (Å²) >= 11 is 0. The molecule has 4 atom stereocenters. The average molecular weight is 332 g/mol. The van der Waals surface area contributed by atoms with E-state index in [1.165, 1.54) is 24.1 Å². The molecule has 1 aromatic rings. The summed E-state index contributed by atoms with van der Waals surface area (Å²) < 4.78 is 4.88. The topological polar surface area (TPSA) is 95.9 Å². The van der Waals surface area contributed by atoms with Gasteiger partial charge in [-0.05, 0) is 31.5 Å². The number of aromatic hydroxyl groups is 1. The fourth-order valence-electron chi connectivity index (χ4n) is 3.88. The number of carbonyl (C=O) groups is 3. The summed E-state index contributed by atoms with van der Waals surface area (Å²) in [5, 5.41) is 12.6. The van der Waals surface area contributed by atoms with Crippen molar-refractivity contribution in [2.75, 3.05) is 13.7 Å². The van der Waals surface area contributed by atoms with E-state index >= 15 is 0 Å². The number of hydrogen-bond acceptors (Lipinski definition) is 6. The Labute approximate surface area is 139 Å². The van der Waals surface area contributed by atoms with Crippen LogP contribution >= 0.6 is 0 Å². The van der Waals surface area contributed by atoms with E-state index in [9.17, 15) is 19.5 Å². The van der Waals surface area contributed by atoms with E-state index in [-0.39, 0.29) is 24.1 Å². The second-order valence-electron chi connectivity index (χ2n) is 6.33. The zero-order valence-corrected chi connectivity index (χ0v) is 13.8. The van der Waals surface area contributed by atoms with E-state index < -0.39 is 29.4 Å². The summed E-state index contributed by atoms with van der Waals surface area (Å²) in [6, 6.07) is 5.88. The smallest absolute Gasteiger partial charge is 0.326 e. The molecule has 2 aliphatic rings. The van der Waals surface area contributed by atoms with Gasteiger partial charge in [0.05, 0.1) is 18.9 Å². The highest BCUT2D eigenvalue weighted by molar-refractivity contribution is 6.09. The van der Waals surface area contributed by atoms with Crippen molar-refractivity contribution in [3.05, 3.63) is 29.8 Å². The largest absolute Gasteiger partial charge is 0.508 e. The van der Waals surface area contributed by atoms with Gasteiger partial charge in [0, 0.05) is 12.6 Å². The first-order chi connectivity index (χ1) is 11.3. The number of imide groups is 1. The van der Waals surface area contributed by atoms with Gasteiger partial charge in [0.2, 0.25) is 11.8 Å². The molecule has 0 radical (unpaired) electrons. The van der Waals surface area contributed by atoms with Crippen LogP contribution in [0, 0.1) is 11.8 Å². The molecular formula is C17H20N2O5. The summed E-state index contributed by atoms with van der Waals surface area (Å²) in [6.07, 6.45) is 0. The lowest BCUT2D eigenvalue weighted by Crippen LogP contribution is -2.53. The Balaban J connectivity index is 2.09. The molecule has 0 bridgehead atoms. The van der Waals surface area contributed by atoms with Gasteiger partial charge in [0.1, 0.15) is 11.3 Å². The van der Waals surface area contributed by atoms with E-state index in [0.29, 0.717) is 0 Å². The van der Waals surface area contributed by atoms with Crippen LogP contribution < -0.4 is 5.32 Å². The first kappa shape index (κ1) is 16.4. The number of nitrogens with one attached hydrogen (secondary N) is 1. The second-order valence-corrected chi connectivity index (χ2v) is 6.33. The maximum Gasteiger partial charge on any atom is 0.326 e. The number of fused-ring (bicyclic) bond motifs is 1. The zero-order chi connectivity index (χ0) is 17.6. The molecule has 0 aliphatic carbocycles. The van der Waals surface area contributed by atoms with Gasteiger partial charge < -0.3 is 9.84 Å². The molecule has 2 fully saturated rings. The number of carbonyl (C=O) groups excluding carboxylic acids is 3. The van der Waals surface area contributed by atoms with E-state index in [4.69, 9.17) is 4.74 Å². The Morgan fingerprint density at radius 1 is 1.29 bits per heavy atom. The molecule has 2 amide bonds. The summed E-state index contributed by atoms with van der Waals surface area (Å²) in [7, 11) is 1.26. The van der Waals surface area contributed by atoms with Crippen molar-refractivity contribution in [2.45, 2.75) is 25.4 Å². The minimum absolute atomic E-state index is 0.105. The SMILES string of the molecule is CCN1C(=O)[C@@H]2[C@H](c3ccc(O)cc3)N[C@@](C)(C(=O)OC)[C@H]2C1=O. The number of rotatable bonds is 3. The van der Waals surface area contributed by atoms with Gasteiger partial charge in [-0.25, -0.2) is 0 Å². The van der Waals surface area contributed by atoms with Crippen molar-refractivity contribution in [3.63, 3.8) is 0 Å². The lowest BCUT2D eigenvalue weighted by atomic mass is 9.80. The van der Waals surface area contributed by atoms with Gasteiger partial charge in [0.25, 0.3) is 0 Å². The van der Waals surface area contributed by atoms with Gasteiger partial charge in [0.15, 0.2) is 0 Å². The number of nitrogens with zero attached hydrogens (tertiary/aromatic N) is 1. The minimum atomic E-state index is -1.28. The van der Waals surface area contributed by atoms with E-state index in [0.717, 1.165) is 5.56 Å². The molecule has 2 aliphatic heterocycles. The molecule has 7 heteroatoms. The summed E-state index contributed by atoms with van der Waals surface area (Å²) in [6.45, 7) is 3.60. The summed E-state index contributed by atoms with van der Waals surface area (Å²) in [5.74, 6) is -2.59. The maximum absolute atomic E-state index is 12.7. The number of phenols is 1. The predicted octanol–water partition coefficient (Wildman–Crippen LogP) is 0.589. The third-order valence-corrected chi connectivity index (χ3v) is 5.06. The van der Waals surface area contributed by atoms with Crippen molar-refractivity contribution in [1.29, 1.82) is 0 Å². The number of likely N-dealkylation sites (tertiary alicyclic amines) is 1. The van der Waals surface area contributed by atoms with E-state index in [1.54, 1.807) is 26.0 Å². The van der Waals surface area contributed by atoms with Crippen LogP contribution in [0.2, 0.25) is 0 Å². The standard InChI is InChI=1S/C17H20N2O5/c1-4-19-14(21)11-12(15(19)22)17(2,16(23)24-3)18-13(11)9-5-7-10(20)8-6-9/h5-8,11-13,18,20H,4H2,1-3H3/t11-,12+,13-,17+/m0/s1. The van der Waals surface area contributed by atoms with Gasteiger partial charge in [-0.2, -0.15) is 0 Å². The van der Waals surface area contributed by atoms with E-state index in [2.05, 4.69) is 5.32 Å². The molecule has 0 aromatic heterocycles. The maximum atomic E-state index is 12.7. The van der Waals surface area contributed by atoms with Gasteiger partial charge in [-0.1, -0.05) is 12.1 Å². The van der Waals surface area contributed by atoms with Crippen molar-refractivity contribution >= 4 is 17.8 Å². The molecule has 7 nitrogen and oxygen atoms in total. The third-order valence-electron chi connectivity index (χ3n) is 5.06. The van der Waals surface area contributed by atoms with Crippen molar-refractivity contribution in [2.24, 2.45) is 11.8 Å². The normalized spacial score (nSPS) is 32.1. The molecule has 0 unspecified atom stereocenters. The van der Waals surface area contributed by atoms with Crippen LogP contribution in [0.5, 0.6) is 5.75 Å². The number of amides is 2. The third kappa shape index (κ3) is 2.11. The van der Waals surface area contributed by atoms with Crippen molar-refractivity contribution in [3.8, 4) is 5.75 Å². The highest BCUT2D eigenvalue weighted by Crippen LogP contribution is 2.48. The van der Waals surface area contributed by atoms with E-state index in [1.807, 2.05) is 0 Å². The quantitative estimate of drug-likeness (QED) is 0.621. The number of phenolic OH excluding ortho intramolecular Hbond substituents is 1. The fraction of sp³-hybridized carbons (Fsp3) is 0.471. The van der Waals surface area contributed by atoms with Crippen molar-refractivity contribution < 1.29 is 24.2 Å². The molecule has 2 N–H and O–H groups in total. The Hall–Kier alpha value is -2.41. The summed E-state index contributed by atoms with van der Waals surface area (Å²) in [5.41, 5.74) is -0.548. The van der Waals surface area contributed by atoms with Crippen LogP contribution in [0.1, 0.15) is 25.5 Å². The Bertz CT molecular complexity index is 701. The fourth-order valence-corrected chi connectivity index (χ4v) is 3.88. The number of ether oxygens (including phenoxy) is 1. The van der Waals surface area contributed by atoms with Gasteiger partial charge in [-0.15, -0.1) is 0 Å². The van der Waals surface area contributed by atoms with Crippen LogP contribution in [-0.4, -0.2) is 47.0 Å². The van der Waals surface area contributed by atoms with Crippen molar-refractivity contribution in [1.82, 2.24) is 10.2 Å². The number of benzene rings is 1. The predicted molar refractivity (Wildman–Crippen MR) is 83.8 cm³/mol. The molecule has 2 heterocycles. The van der Waals surface area contributed by atoms with Crippen LogP contribution in [0.4, 0.5) is 0 Å². The second kappa shape index (κ2) is 5.59. The molecule has 0 saturated carbocycles. The van der Waals surface area contributed by atoms with Crippen LogP contribution in [0.15, 0.2) is 24.3 Å². The minimum Gasteiger partial charge on any atom is -0.508 e. The Kier molecular flexibility index (Phi) is 3.83. The van der Waals surface area contributed by atoms with Gasteiger partial charge >= 0.3 is 5.97 Å². The van der Waals surface area contributed by atoms with Gasteiger partial charge in [-0.3, -0.25) is 24.6 Å². The number of hydrogen-bond donors (Lipinski definition) is 2. The van der Waals surface area contributed by atoms with Crippen LogP contribution in [0.25, 0.3) is 0 Å². The first-order valence-corrected chi connectivity index (χ1v) is 7.85. The molecule has 2 saturated heterocycles. The zero-order valence-electron chi connectivity index (χ0n) is 13.8. The molecule has 1 aromatic carbocycles. The molecule has 3 rings (SSSR count). The molecular weight excluding hydrogens is 312 g/mol. The average Bonchev–Trinajstić information content (AvgIpc) is 3.02. The Morgan fingerprint density at radius 2 is 1.92 bits per heavy atom. The molecule has 0 spiro atoms. The lowest BCUT2D eigenvalue weighted by Gasteiger charge is -2.28. The monoisotopic (exact) mass is 332 g/mol. The van der Waals surface area contributed by atoms with Crippen LogP contribution in [0.3, 0.4) is 0 Å². The molecule has 128 valence electrons. The highest BCUT2D eigenvalue weighted by Gasteiger charge is 2.66.